The minimum Gasteiger partial charge on any atom is -0.414 e. The van der Waals surface area contributed by atoms with Gasteiger partial charge in [-0.2, -0.15) is 0 Å². The summed E-state index contributed by atoms with van der Waals surface area (Å²) in [7, 11) is 1.41. The third-order valence-electron chi connectivity index (χ3n) is 4.15. The third-order valence-corrected chi connectivity index (χ3v) is 4.15. The van der Waals surface area contributed by atoms with Crippen molar-refractivity contribution in [1.29, 1.82) is 0 Å². The summed E-state index contributed by atoms with van der Waals surface area (Å²) in [6.07, 6.45) is 3.64. The van der Waals surface area contributed by atoms with E-state index in [1.807, 2.05) is 13.8 Å². The summed E-state index contributed by atoms with van der Waals surface area (Å²) in [6.45, 7) is 5.24. The number of carbonyl (C=O) groups excluding carboxylic acids is 2. The molecule has 0 aliphatic carbocycles. The van der Waals surface area contributed by atoms with Crippen LogP contribution >= 0.6 is 0 Å². The van der Waals surface area contributed by atoms with Crippen molar-refractivity contribution < 1.29 is 18.9 Å². The molecule has 7 heteroatoms. The van der Waals surface area contributed by atoms with Crippen LogP contribution in [0.15, 0.2) is 0 Å². The second-order valence-corrected chi connectivity index (χ2v) is 5.61. The molecule has 21 heavy (non-hydrogen) atoms. The Morgan fingerprint density at radius 3 is 2.76 bits per heavy atom. The Morgan fingerprint density at radius 2 is 2.24 bits per heavy atom. The molecule has 1 aliphatic rings. The van der Waals surface area contributed by atoms with Gasteiger partial charge < -0.3 is 24.7 Å². The first-order valence-electron chi connectivity index (χ1n) is 7.68. The van der Waals surface area contributed by atoms with Crippen molar-refractivity contribution in [2.45, 2.75) is 45.0 Å². The number of carbonyl (C=O) groups is 2. The van der Waals surface area contributed by atoms with Crippen LogP contribution < -0.4 is 5.73 Å². The second-order valence-electron chi connectivity index (χ2n) is 5.61. The fourth-order valence-corrected chi connectivity index (χ4v) is 2.85. The number of aldehydes is 1. The highest BCUT2D eigenvalue weighted by atomic mass is 16.6. The number of hydrogen-bond acceptors (Lipinski definition) is 5. The maximum Gasteiger partial charge on any atom is 0.456 e. The zero-order chi connectivity index (χ0) is 15.9. The number of hydrogen-bond donors (Lipinski definition) is 1. The molecule has 2 atom stereocenters. The van der Waals surface area contributed by atoms with E-state index in [0.717, 1.165) is 25.4 Å². The van der Waals surface area contributed by atoms with Crippen molar-refractivity contribution in [3.63, 3.8) is 0 Å². The largest absolute Gasteiger partial charge is 0.456 e. The van der Waals surface area contributed by atoms with Gasteiger partial charge in [0, 0.05) is 39.1 Å². The molecular formula is C14H27BN2O4. The summed E-state index contributed by atoms with van der Waals surface area (Å²) in [5.74, 6) is 0.0582. The van der Waals surface area contributed by atoms with Crippen LogP contribution in [0, 0.1) is 5.92 Å². The Labute approximate surface area is 127 Å². The van der Waals surface area contributed by atoms with Gasteiger partial charge in [0.05, 0.1) is 5.54 Å². The lowest BCUT2D eigenvalue weighted by atomic mass is 9.78. The van der Waals surface area contributed by atoms with E-state index in [1.54, 1.807) is 12.0 Å². The molecule has 0 saturated carbocycles. The molecule has 2 N–H and O–H groups in total. The topological polar surface area (TPSA) is 81.9 Å². The number of amides is 1. The van der Waals surface area contributed by atoms with Gasteiger partial charge in [0.25, 0.3) is 0 Å². The lowest BCUT2D eigenvalue weighted by Gasteiger charge is -2.23. The first-order valence-corrected chi connectivity index (χ1v) is 7.68. The SMILES string of the molecule is CCOB(CCC[C@H]1CN(C(=O)CC)C[C@@]1(N)C=O)OC. The lowest BCUT2D eigenvalue weighted by molar-refractivity contribution is -0.130. The van der Waals surface area contributed by atoms with Crippen molar-refractivity contribution >= 4 is 19.3 Å². The van der Waals surface area contributed by atoms with Crippen LogP contribution in [0.4, 0.5) is 0 Å². The molecule has 0 unspecified atom stereocenters. The summed E-state index contributed by atoms with van der Waals surface area (Å²) >= 11 is 0. The third kappa shape index (κ3) is 4.80. The van der Waals surface area contributed by atoms with Crippen LogP contribution in [0.1, 0.15) is 33.1 Å². The normalized spacial score (nSPS) is 25.1. The Kier molecular flexibility index (Phi) is 7.35. The molecule has 1 heterocycles. The second kappa shape index (κ2) is 8.51. The predicted octanol–water partition coefficient (Wildman–Crippen LogP) is 0.703. The molecule has 0 aromatic heterocycles. The van der Waals surface area contributed by atoms with Gasteiger partial charge in [0.15, 0.2) is 0 Å². The van der Waals surface area contributed by atoms with Crippen molar-refractivity contribution in [2.24, 2.45) is 11.7 Å². The van der Waals surface area contributed by atoms with E-state index >= 15 is 0 Å². The van der Waals surface area contributed by atoms with Crippen LogP contribution in [0.5, 0.6) is 0 Å². The van der Waals surface area contributed by atoms with E-state index in [9.17, 15) is 9.59 Å². The molecular weight excluding hydrogens is 271 g/mol. The van der Waals surface area contributed by atoms with E-state index in [-0.39, 0.29) is 18.9 Å². The van der Waals surface area contributed by atoms with E-state index in [4.69, 9.17) is 15.0 Å². The van der Waals surface area contributed by atoms with Gasteiger partial charge in [-0.05, 0) is 19.7 Å². The zero-order valence-corrected chi connectivity index (χ0v) is 13.3. The first-order chi connectivity index (χ1) is 10.0. The molecule has 0 aromatic carbocycles. The van der Waals surface area contributed by atoms with Gasteiger partial charge in [-0.1, -0.05) is 13.3 Å². The minimum absolute atomic E-state index is 0.00429. The molecule has 1 saturated heterocycles. The van der Waals surface area contributed by atoms with Crippen LogP contribution in [-0.2, 0) is 18.9 Å². The Morgan fingerprint density at radius 1 is 1.52 bits per heavy atom. The molecule has 1 rings (SSSR count). The first kappa shape index (κ1) is 18.1. The highest BCUT2D eigenvalue weighted by Gasteiger charge is 2.44. The predicted molar refractivity (Wildman–Crippen MR) is 81.8 cm³/mol. The van der Waals surface area contributed by atoms with Gasteiger partial charge in [0.1, 0.15) is 6.29 Å². The van der Waals surface area contributed by atoms with Gasteiger partial charge in [-0.25, -0.2) is 0 Å². The van der Waals surface area contributed by atoms with Gasteiger partial charge >= 0.3 is 7.12 Å². The highest BCUT2D eigenvalue weighted by Crippen LogP contribution is 2.29. The standard InChI is InChI=1S/C14H27BN2O4/c1-4-13(19)17-9-12(14(16,10-17)11-18)7-6-8-15(20-3)21-5-2/h11-12H,4-10,16H2,1-3H3/t12-,14+/m0/s1. The van der Waals surface area contributed by atoms with Crippen LogP contribution in [0.2, 0.25) is 6.32 Å². The number of likely N-dealkylation sites (tertiary alicyclic amines) is 1. The smallest absolute Gasteiger partial charge is 0.414 e. The maximum atomic E-state index is 11.8. The van der Waals surface area contributed by atoms with E-state index in [2.05, 4.69) is 0 Å². The molecule has 1 fully saturated rings. The summed E-state index contributed by atoms with van der Waals surface area (Å²) in [5.41, 5.74) is 5.25. The number of nitrogens with zero attached hydrogens (tertiary/aromatic N) is 1. The van der Waals surface area contributed by atoms with Gasteiger partial charge in [-0.3, -0.25) is 4.79 Å². The van der Waals surface area contributed by atoms with Crippen LogP contribution in [-0.4, -0.2) is 56.6 Å². The monoisotopic (exact) mass is 298 g/mol. The fourth-order valence-electron chi connectivity index (χ4n) is 2.85. The molecule has 0 radical (unpaired) electrons. The van der Waals surface area contributed by atoms with Crippen molar-refractivity contribution in [2.75, 3.05) is 26.8 Å². The fraction of sp³-hybridized carbons (Fsp3) is 0.857. The quantitative estimate of drug-likeness (QED) is 0.500. The summed E-state index contributed by atoms with van der Waals surface area (Å²) < 4.78 is 10.6. The number of rotatable bonds is 9. The van der Waals surface area contributed by atoms with Gasteiger partial charge in [-0.15, -0.1) is 0 Å². The van der Waals surface area contributed by atoms with E-state index in [0.29, 0.717) is 26.1 Å². The molecule has 120 valence electrons. The lowest BCUT2D eigenvalue weighted by Crippen LogP contribution is -2.49. The molecule has 6 nitrogen and oxygen atoms in total. The van der Waals surface area contributed by atoms with Crippen LogP contribution in [0.3, 0.4) is 0 Å². The molecule has 1 amide bonds. The molecule has 1 aliphatic heterocycles. The van der Waals surface area contributed by atoms with Crippen molar-refractivity contribution in [3.8, 4) is 0 Å². The van der Waals surface area contributed by atoms with Crippen molar-refractivity contribution in [3.05, 3.63) is 0 Å². The summed E-state index contributed by atoms with van der Waals surface area (Å²) in [6, 6.07) is 0. The Hall–Kier alpha value is -0.915. The summed E-state index contributed by atoms with van der Waals surface area (Å²) in [5, 5.41) is 0. The van der Waals surface area contributed by atoms with Crippen LogP contribution in [0.25, 0.3) is 0 Å². The molecule has 0 aromatic rings. The van der Waals surface area contributed by atoms with E-state index < -0.39 is 5.54 Å². The molecule has 0 bridgehead atoms. The minimum atomic E-state index is -0.918. The Balaban J connectivity index is 2.52. The van der Waals surface area contributed by atoms with Gasteiger partial charge in [0.2, 0.25) is 5.91 Å². The summed E-state index contributed by atoms with van der Waals surface area (Å²) in [4.78, 5) is 24.8. The number of nitrogens with two attached hydrogens (primary N) is 1. The highest BCUT2D eigenvalue weighted by molar-refractivity contribution is 6.44. The van der Waals surface area contributed by atoms with E-state index in [1.165, 1.54) is 0 Å². The Bertz CT molecular complexity index is 356. The molecule has 0 spiro atoms. The zero-order valence-electron chi connectivity index (χ0n) is 13.3. The van der Waals surface area contributed by atoms with Crippen molar-refractivity contribution in [1.82, 2.24) is 4.90 Å². The average Bonchev–Trinajstić information content (AvgIpc) is 2.83. The average molecular weight is 298 g/mol. The maximum absolute atomic E-state index is 11.8.